The van der Waals surface area contributed by atoms with Gasteiger partial charge in [0.15, 0.2) is 6.23 Å². The third-order valence-corrected chi connectivity index (χ3v) is 4.32. The Labute approximate surface area is 106 Å². The summed E-state index contributed by atoms with van der Waals surface area (Å²) in [6.45, 7) is 3.64. The van der Waals surface area contributed by atoms with Crippen molar-refractivity contribution in [2.75, 3.05) is 5.73 Å². The maximum atomic E-state index is 12.1. The first-order valence-corrected chi connectivity index (χ1v) is 6.96. The zero-order valence-electron chi connectivity index (χ0n) is 10.1. The van der Waals surface area contributed by atoms with Crippen LogP contribution in [0.5, 0.6) is 0 Å². The van der Waals surface area contributed by atoms with Crippen LogP contribution in [0.3, 0.4) is 0 Å². The third-order valence-electron chi connectivity index (χ3n) is 2.89. The van der Waals surface area contributed by atoms with Crippen molar-refractivity contribution < 1.29 is 13.3 Å². The van der Waals surface area contributed by atoms with E-state index < -0.39 is 16.3 Å². The number of nitrogens with one attached hydrogen (secondary N) is 1. The fraction of sp³-hybridized carbons (Fsp3) is 0.364. The van der Waals surface area contributed by atoms with Gasteiger partial charge in [-0.05, 0) is 31.2 Å². The fourth-order valence-corrected chi connectivity index (χ4v) is 2.71. The smallest absolute Gasteiger partial charge is 0.243 e. The number of anilines is 1. The van der Waals surface area contributed by atoms with Crippen LogP contribution in [-0.2, 0) is 14.9 Å². The summed E-state index contributed by atoms with van der Waals surface area (Å²) in [7, 11) is -3.62. The Morgan fingerprint density at radius 3 is 2.44 bits per heavy atom. The van der Waals surface area contributed by atoms with Crippen LogP contribution in [0.25, 0.3) is 0 Å². The number of sulfonamides is 1. The lowest BCUT2D eigenvalue weighted by molar-refractivity contribution is 0.0576. The third kappa shape index (κ3) is 2.46. The molecule has 18 heavy (non-hydrogen) atoms. The Bertz CT molecular complexity index is 566. The summed E-state index contributed by atoms with van der Waals surface area (Å²) in [4.78, 5) is 5.18. The van der Waals surface area contributed by atoms with E-state index >= 15 is 0 Å². The van der Waals surface area contributed by atoms with Gasteiger partial charge in [-0.1, -0.05) is 12.1 Å². The van der Waals surface area contributed by atoms with Gasteiger partial charge in [-0.15, -0.1) is 0 Å². The molecular formula is C11H15N3O3S. The van der Waals surface area contributed by atoms with E-state index in [0.29, 0.717) is 5.69 Å². The molecule has 1 heterocycles. The summed E-state index contributed by atoms with van der Waals surface area (Å²) in [5.74, 6) is -0.0893. The molecular weight excluding hydrogens is 254 g/mol. The lowest BCUT2D eigenvalue weighted by atomic mass is 10.1. The molecule has 2 atom stereocenters. The van der Waals surface area contributed by atoms with Gasteiger partial charge in [0.05, 0.1) is 16.5 Å². The molecule has 0 radical (unpaired) electrons. The zero-order valence-corrected chi connectivity index (χ0v) is 10.9. The number of nitrogens with two attached hydrogens (primary N) is 1. The lowest BCUT2D eigenvalue weighted by Gasteiger charge is -2.15. The van der Waals surface area contributed by atoms with E-state index in [0.717, 1.165) is 5.71 Å². The quantitative estimate of drug-likeness (QED) is 0.798. The van der Waals surface area contributed by atoms with Crippen LogP contribution in [-0.4, -0.2) is 20.4 Å². The van der Waals surface area contributed by atoms with E-state index in [1.54, 1.807) is 6.92 Å². The average Bonchev–Trinajstić information content (AvgIpc) is 2.61. The molecule has 0 aromatic heterocycles. The predicted molar refractivity (Wildman–Crippen MR) is 68.3 cm³/mol. The monoisotopic (exact) mass is 269 g/mol. The van der Waals surface area contributed by atoms with Gasteiger partial charge < -0.3 is 10.6 Å². The molecule has 0 fully saturated rings. The van der Waals surface area contributed by atoms with Crippen LogP contribution in [0.1, 0.15) is 13.8 Å². The molecule has 6 nitrogen and oxygen atoms in total. The number of hydrogen-bond acceptors (Lipinski definition) is 5. The summed E-state index contributed by atoms with van der Waals surface area (Å²) in [6.07, 6.45) is -0.660. The van der Waals surface area contributed by atoms with Crippen molar-refractivity contribution in [3.05, 3.63) is 24.3 Å². The van der Waals surface area contributed by atoms with Crippen molar-refractivity contribution in [3.63, 3.8) is 0 Å². The van der Waals surface area contributed by atoms with Gasteiger partial charge in [-0.3, -0.25) is 0 Å². The molecule has 0 unspecified atom stereocenters. The second-order valence-corrected chi connectivity index (χ2v) is 5.95. The van der Waals surface area contributed by atoms with Crippen molar-refractivity contribution in [2.24, 2.45) is 11.1 Å². The van der Waals surface area contributed by atoms with E-state index in [9.17, 15) is 8.42 Å². The molecule has 0 bridgehead atoms. The maximum Gasteiger partial charge on any atom is 0.243 e. The zero-order chi connectivity index (χ0) is 13.3. The molecule has 1 aliphatic heterocycles. The molecule has 1 aromatic carbocycles. The Morgan fingerprint density at radius 2 is 1.94 bits per heavy atom. The molecule has 3 N–H and O–H groups in total. The number of rotatable bonds is 3. The van der Waals surface area contributed by atoms with E-state index in [4.69, 9.17) is 10.6 Å². The van der Waals surface area contributed by atoms with Crippen molar-refractivity contribution in [1.82, 2.24) is 4.72 Å². The molecule has 7 heteroatoms. The van der Waals surface area contributed by atoms with Crippen LogP contribution < -0.4 is 10.5 Å². The van der Waals surface area contributed by atoms with Crippen molar-refractivity contribution in [3.8, 4) is 0 Å². The molecule has 1 aliphatic rings. The molecule has 0 spiro atoms. The van der Waals surface area contributed by atoms with Crippen LogP contribution in [0, 0.1) is 5.92 Å². The molecule has 98 valence electrons. The Kier molecular flexibility index (Phi) is 3.27. The standard InChI is InChI=1S/C11H15N3O3S/c1-7-8(2)13-17-11(7)14-18(15,16)10-5-3-9(12)4-6-10/h3-7,11,14H,12H2,1-2H3/t7-,11+/m1/s1. The van der Waals surface area contributed by atoms with Crippen molar-refractivity contribution >= 4 is 21.4 Å². The summed E-state index contributed by atoms with van der Waals surface area (Å²) in [5, 5.41) is 3.76. The Morgan fingerprint density at radius 1 is 1.33 bits per heavy atom. The number of benzene rings is 1. The first kappa shape index (κ1) is 12.8. The van der Waals surface area contributed by atoms with Crippen LogP contribution in [0.2, 0.25) is 0 Å². The number of oxime groups is 1. The molecule has 0 saturated carbocycles. The van der Waals surface area contributed by atoms with Gasteiger partial charge in [-0.25, -0.2) is 8.42 Å². The second-order valence-electron chi connectivity index (χ2n) is 4.24. The largest absolute Gasteiger partial charge is 0.399 e. The van der Waals surface area contributed by atoms with E-state index in [1.807, 2.05) is 6.92 Å². The van der Waals surface area contributed by atoms with Gasteiger partial charge in [-0.2, -0.15) is 4.72 Å². The molecule has 0 saturated heterocycles. The molecule has 2 rings (SSSR count). The maximum absolute atomic E-state index is 12.1. The van der Waals surface area contributed by atoms with Gasteiger partial charge in [0, 0.05) is 5.69 Å². The fourth-order valence-electron chi connectivity index (χ4n) is 1.52. The minimum atomic E-state index is -3.62. The Hall–Kier alpha value is -1.60. The van der Waals surface area contributed by atoms with Crippen molar-refractivity contribution in [2.45, 2.75) is 25.0 Å². The summed E-state index contributed by atoms with van der Waals surface area (Å²) in [6, 6.07) is 5.97. The van der Waals surface area contributed by atoms with E-state index in [2.05, 4.69) is 9.88 Å². The second kappa shape index (κ2) is 4.58. The highest BCUT2D eigenvalue weighted by Crippen LogP contribution is 2.19. The summed E-state index contributed by atoms with van der Waals surface area (Å²) < 4.78 is 26.6. The molecule has 1 aromatic rings. The van der Waals surface area contributed by atoms with Gasteiger partial charge in [0.1, 0.15) is 0 Å². The van der Waals surface area contributed by atoms with Gasteiger partial charge >= 0.3 is 0 Å². The SMILES string of the molecule is CC1=NO[C@H](NS(=O)(=O)c2ccc(N)cc2)[C@@H]1C. The first-order chi connectivity index (χ1) is 8.40. The number of hydrogen-bond donors (Lipinski definition) is 2. The van der Waals surface area contributed by atoms with Crippen molar-refractivity contribution in [1.29, 1.82) is 0 Å². The highest BCUT2D eigenvalue weighted by atomic mass is 32.2. The molecule has 0 aliphatic carbocycles. The number of nitrogens with zero attached hydrogens (tertiary/aromatic N) is 1. The van der Waals surface area contributed by atoms with Gasteiger partial charge in [0.2, 0.25) is 10.0 Å². The highest BCUT2D eigenvalue weighted by Gasteiger charge is 2.31. The summed E-state index contributed by atoms with van der Waals surface area (Å²) in [5.41, 5.74) is 6.79. The van der Waals surface area contributed by atoms with Crippen LogP contribution >= 0.6 is 0 Å². The normalized spacial score (nSPS) is 23.6. The van der Waals surface area contributed by atoms with Gasteiger partial charge in [0.25, 0.3) is 0 Å². The Balaban J connectivity index is 2.16. The molecule has 0 amide bonds. The lowest BCUT2D eigenvalue weighted by Crippen LogP contribution is -2.39. The van der Waals surface area contributed by atoms with E-state index in [1.165, 1.54) is 24.3 Å². The predicted octanol–water partition coefficient (Wildman–Crippen LogP) is 0.915. The van der Waals surface area contributed by atoms with Crippen LogP contribution in [0.15, 0.2) is 34.3 Å². The van der Waals surface area contributed by atoms with E-state index in [-0.39, 0.29) is 10.8 Å². The minimum Gasteiger partial charge on any atom is -0.399 e. The first-order valence-electron chi connectivity index (χ1n) is 5.48. The minimum absolute atomic E-state index is 0.0893. The highest BCUT2D eigenvalue weighted by molar-refractivity contribution is 7.89. The number of nitrogen functional groups attached to an aromatic ring is 1. The average molecular weight is 269 g/mol. The summed E-state index contributed by atoms with van der Waals surface area (Å²) >= 11 is 0. The topological polar surface area (TPSA) is 93.8 Å². The van der Waals surface area contributed by atoms with Crippen LogP contribution in [0.4, 0.5) is 5.69 Å².